The fourth-order valence-electron chi connectivity index (χ4n) is 1.12. The summed E-state index contributed by atoms with van der Waals surface area (Å²) in [5.74, 6) is 0. The summed E-state index contributed by atoms with van der Waals surface area (Å²) in [6, 6.07) is 0.551. The van der Waals surface area contributed by atoms with Crippen LogP contribution in [0, 0.1) is 0 Å². The number of hydrogen-bond acceptors (Lipinski definition) is 2. The maximum Gasteiger partial charge on any atom is 0.0168 e. The molecule has 0 heterocycles. The van der Waals surface area contributed by atoms with E-state index < -0.39 is 0 Å². The Hall–Kier alpha value is 0.310. The molecule has 68 valence electrons. The van der Waals surface area contributed by atoms with Crippen molar-refractivity contribution < 1.29 is 0 Å². The van der Waals surface area contributed by atoms with Crippen molar-refractivity contribution in [2.24, 2.45) is 0 Å². The highest BCUT2D eigenvalue weighted by molar-refractivity contribution is 7.81. The summed E-state index contributed by atoms with van der Waals surface area (Å²) in [4.78, 5) is 0. The lowest BCUT2D eigenvalue weighted by Crippen LogP contribution is -2.34. The first-order chi connectivity index (χ1) is 5.22. The van der Waals surface area contributed by atoms with Crippen LogP contribution in [0.5, 0.6) is 0 Å². The van der Waals surface area contributed by atoms with Crippen LogP contribution in [0.15, 0.2) is 0 Å². The first-order valence-corrected chi connectivity index (χ1v) is 5.15. The summed E-state index contributed by atoms with van der Waals surface area (Å²) in [5, 5.41) is 3.90. The predicted molar refractivity (Wildman–Crippen MR) is 55.4 cm³/mol. The number of unbranched alkanes of at least 4 members (excludes halogenated alkanes) is 1. The fourth-order valence-corrected chi connectivity index (χ4v) is 1.41. The van der Waals surface area contributed by atoms with Gasteiger partial charge >= 0.3 is 0 Å². The van der Waals surface area contributed by atoms with Gasteiger partial charge in [-0.05, 0) is 19.9 Å². The first-order valence-electron chi connectivity index (χ1n) is 4.63. The minimum Gasteiger partial charge on any atom is -0.313 e. The molecule has 0 amide bonds. The van der Waals surface area contributed by atoms with E-state index in [1.807, 2.05) is 0 Å². The molecule has 11 heavy (non-hydrogen) atoms. The SMILES string of the molecule is CCCCC(S)C(C)NCC. The largest absolute Gasteiger partial charge is 0.313 e. The van der Waals surface area contributed by atoms with E-state index >= 15 is 0 Å². The van der Waals surface area contributed by atoms with Gasteiger partial charge in [-0.25, -0.2) is 0 Å². The second kappa shape index (κ2) is 6.99. The summed E-state index contributed by atoms with van der Waals surface area (Å²) in [6.45, 7) is 7.61. The Balaban J connectivity index is 3.38. The molecule has 0 saturated heterocycles. The molecule has 1 nitrogen and oxygen atoms in total. The zero-order valence-electron chi connectivity index (χ0n) is 7.93. The summed E-state index contributed by atoms with van der Waals surface area (Å²) < 4.78 is 0. The van der Waals surface area contributed by atoms with E-state index in [1.54, 1.807) is 0 Å². The van der Waals surface area contributed by atoms with E-state index in [2.05, 4.69) is 38.7 Å². The molecule has 2 unspecified atom stereocenters. The lowest BCUT2D eigenvalue weighted by molar-refractivity contribution is 0.515. The molecular weight excluding hydrogens is 154 g/mol. The molecule has 0 bridgehead atoms. The molecule has 0 spiro atoms. The average Bonchev–Trinajstić information content (AvgIpc) is 2.00. The van der Waals surface area contributed by atoms with Crippen molar-refractivity contribution in [1.29, 1.82) is 0 Å². The minimum atomic E-state index is 0.523. The Morgan fingerprint density at radius 3 is 2.45 bits per heavy atom. The lowest BCUT2D eigenvalue weighted by atomic mass is 10.1. The monoisotopic (exact) mass is 175 g/mol. The summed E-state index contributed by atoms with van der Waals surface area (Å²) in [6.07, 6.45) is 3.80. The van der Waals surface area contributed by atoms with Crippen LogP contribution < -0.4 is 5.32 Å². The van der Waals surface area contributed by atoms with Crippen molar-refractivity contribution in [2.75, 3.05) is 6.54 Å². The second-order valence-electron chi connectivity index (χ2n) is 3.06. The standard InChI is InChI=1S/C9H21NS/c1-4-6-7-9(11)8(3)10-5-2/h8-11H,4-7H2,1-3H3. The van der Waals surface area contributed by atoms with Crippen molar-refractivity contribution in [3.63, 3.8) is 0 Å². The third-order valence-electron chi connectivity index (χ3n) is 1.96. The molecule has 2 heteroatoms. The number of rotatable bonds is 6. The Bertz CT molecular complexity index is 85.6. The van der Waals surface area contributed by atoms with Crippen molar-refractivity contribution in [3.05, 3.63) is 0 Å². The van der Waals surface area contributed by atoms with E-state index in [4.69, 9.17) is 0 Å². The zero-order chi connectivity index (χ0) is 8.69. The third-order valence-corrected chi connectivity index (χ3v) is 2.66. The molecule has 1 N–H and O–H groups in total. The number of hydrogen-bond donors (Lipinski definition) is 2. The molecule has 0 rings (SSSR count). The van der Waals surface area contributed by atoms with Crippen molar-refractivity contribution in [2.45, 2.75) is 51.3 Å². The predicted octanol–water partition coefficient (Wildman–Crippen LogP) is 2.47. The molecular formula is C9H21NS. The normalized spacial score (nSPS) is 16.4. The quantitative estimate of drug-likeness (QED) is 0.591. The van der Waals surface area contributed by atoms with Gasteiger partial charge < -0.3 is 5.32 Å². The molecule has 0 saturated carbocycles. The maximum atomic E-state index is 4.53. The van der Waals surface area contributed by atoms with Crippen molar-refractivity contribution in [3.8, 4) is 0 Å². The highest BCUT2D eigenvalue weighted by atomic mass is 32.1. The van der Waals surface area contributed by atoms with E-state index in [-0.39, 0.29) is 0 Å². The van der Waals surface area contributed by atoms with Crippen LogP contribution >= 0.6 is 12.6 Å². The highest BCUT2D eigenvalue weighted by Gasteiger charge is 2.09. The van der Waals surface area contributed by atoms with E-state index in [0.29, 0.717) is 11.3 Å². The van der Waals surface area contributed by atoms with Gasteiger partial charge in [0.1, 0.15) is 0 Å². The number of thiol groups is 1. The van der Waals surface area contributed by atoms with Crippen LogP contribution in [0.1, 0.15) is 40.0 Å². The fraction of sp³-hybridized carbons (Fsp3) is 1.00. The van der Waals surface area contributed by atoms with Crippen LogP contribution in [-0.2, 0) is 0 Å². The van der Waals surface area contributed by atoms with Gasteiger partial charge in [0, 0.05) is 11.3 Å². The van der Waals surface area contributed by atoms with Crippen LogP contribution in [-0.4, -0.2) is 17.8 Å². The van der Waals surface area contributed by atoms with E-state index in [0.717, 1.165) is 6.54 Å². The van der Waals surface area contributed by atoms with Gasteiger partial charge in [0.25, 0.3) is 0 Å². The van der Waals surface area contributed by atoms with Crippen molar-refractivity contribution in [1.82, 2.24) is 5.32 Å². The Labute approximate surface area is 76.4 Å². The molecule has 0 fully saturated rings. The zero-order valence-corrected chi connectivity index (χ0v) is 8.82. The molecule has 0 aliphatic carbocycles. The Kier molecular flexibility index (Phi) is 7.18. The van der Waals surface area contributed by atoms with E-state index in [9.17, 15) is 0 Å². The van der Waals surface area contributed by atoms with Gasteiger partial charge in [-0.2, -0.15) is 12.6 Å². The molecule has 0 aromatic heterocycles. The molecule has 0 aliphatic rings. The van der Waals surface area contributed by atoms with Gasteiger partial charge in [-0.15, -0.1) is 0 Å². The van der Waals surface area contributed by atoms with Gasteiger partial charge in [0.05, 0.1) is 0 Å². The van der Waals surface area contributed by atoms with Crippen molar-refractivity contribution >= 4 is 12.6 Å². The van der Waals surface area contributed by atoms with Crippen LogP contribution in [0.3, 0.4) is 0 Å². The average molecular weight is 175 g/mol. The molecule has 2 atom stereocenters. The summed E-state index contributed by atoms with van der Waals surface area (Å²) in [7, 11) is 0. The number of nitrogens with one attached hydrogen (secondary N) is 1. The minimum absolute atomic E-state index is 0.523. The molecule has 0 aromatic rings. The molecule has 0 aliphatic heterocycles. The van der Waals surface area contributed by atoms with Crippen LogP contribution in [0.2, 0.25) is 0 Å². The third kappa shape index (κ3) is 5.57. The smallest absolute Gasteiger partial charge is 0.0168 e. The highest BCUT2D eigenvalue weighted by Crippen LogP contribution is 2.10. The molecule has 0 aromatic carbocycles. The maximum absolute atomic E-state index is 4.53. The molecule has 0 radical (unpaired) electrons. The summed E-state index contributed by atoms with van der Waals surface area (Å²) >= 11 is 4.53. The van der Waals surface area contributed by atoms with Crippen LogP contribution in [0.25, 0.3) is 0 Å². The topological polar surface area (TPSA) is 12.0 Å². The first kappa shape index (κ1) is 11.3. The van der Waals surface area contributed by atoms with Gasteiger partial charge in [-0.3, -0.25) is 0 Å². The van der Waals surface area contributed by atoms with Gasteiger partial charge in [0.15, 0.2) is 0 Å². The van der Waals surface area contributed by atoms with Gasteiger partial charge in [-0.1, -0.05) is 26.7 Å². The second-order valence-corrected chi connectivity index (χ2v) is 3.72. The Morgan fingerprint density at radius 2 is 2.00 bits per heavy atom. The van der Waals surface area contributed by atoms with E-state index in [1.165, 1.54) is 19.3 Å². The Morgan fingerprint density at radius 1 is 1.36 bits per heavy atom. The van der Waals surface area contributed by atoms with Gasteiger partial charge in [0.2, 0.25) is 0 Å². The summed E-state index contributed by atoms with van der Waals surface area (Å²) in [5.41, 5.74) is 0. The van der Waals surface area contributed by atoms with Crippen LogP contribution in [0.4, 0.5) is 0 Å². The lowest BCUT2D eigenvalue weighted by Gasteiger charge is -2.19.